The van der Waals surface area contributed by atoms with Crippen LogP contribution in [0.1, 0.15) is 110 Å². The molecule has 0 heterocycles. The minimum Gasteiger partial charge on any atom is -0.458 e. The van der Waals surface area contributed by atoms with Crippen LogP contribution >= 0.6 is 0 Å². The van der Waals surface area contributed by atoms with Crippen molar-refractivity contribution < 1.29 is 33.4 Å². The minimum atomic E-state index is -1.22. The molecule has 49 heavy (non-hydrogen) atoms. The quantitative estimate of drug-likeness (QED) is 0.143. The second-order valence-corrected chi connectivity index (χ2v) is 14.3. The maximum Gasteiger partial charge on any atom is 0.408 e. The number of carbonyl (C=O) groups excluding carboxylic acids is 5. The van der Waals surface area contributed by atoms with Gasteiger partial charge in [-0.05, 0) is 78.0 Å². The van der Waals surface area contributed by atoms with Crippen molar-refractivity contribution in [1.29, 1.82) is 0 Å². The van der Waals surface area contributed by atoms with Gasteiger partial charge in [0.05, 0.1) is 0 Å². The van der Waals surface area contributed by atoms with E-state index in [-0.39, 0.29) is 25.8 Å². The number of alkyl carbamates (subject to hydrolysis) is 1. The van der Waals surface area contributed by atoms with Crippen molar-refractivity contribution in [2.75, 3.05) is 6.54 Å². The lowest BCUT2D eigenvalue weighted by molar-refractivity contribution is -0.159. The number of primary amides is 1. The average Bonchev–Trinajstić information content (AvgIpc) is 2.99. The van der Waals surface area contributed by atoms with Crippen LogP contribution in [0.3, 0.4) is 0 Å². The molecule has 0 saturated carbocycles. The molecule has 11 nitrogen and oxygen atoms in total. The molecular formula is C38H56N4O7. The average molecular weight is 681 g/mol. The molecule has 0 bridgehead atoms. The number of benzene rings is 2. The second-order valence-electron chi connectivity index (χ2n) is 14.3. The number of esters is 1. The van der Waals surface area contributed by atoms with E-state index in [0.29, 0.717) is 12.0 Å². The highest BCUT2D eigenvalue weighted by atomic mass is 16.6. The van der Waals surface area contributed by atoms with Gasteiger partial charge in [-0.15, -0.1) is 0 Å². The summed E-state index contributed by atoms with van der Waals surface area (Å²) in [7, 11) is 0. The van der Waals surface area contributed by atoms with Gasteiger partial charge in [-0.3, -0.25) is 14.4 Å². The molecule has 2 rings (SSSR count). The molecule has 0 aromatic heterocycles. The lowest BCUT2D eigenvalue weighted by atomic mass is 9.96. The zero-order chi connectivity index (χ0) is 36.8. The van der Waals surface area contributed by atoms with Crippen molar-refractivity contribution >= 4 is 29.8 Å². The van der Waals surface area contributed by atoms with Gasteiger partial charge in [-0.2, -0.15) is 0 Å². The first-order valence-electron chi connectivity index (χ1n) is 17.1. The van der Waals surface area contributed by atoms with Gasteiger partial charge in [0.25, 0.3) is 0 Å². The Morgan fingerprint density at radius 1 is 0.796 bits per heavy atom. The predicted octanol–water partition coefficient (Wildman–Crippen LogP) is 5.67. The van der Waals surface area contributed by atoms with Gasteiger partial charge in [-0.25, -0.2) is 9.59 Å². The van der Waals surface area contributed by atoms with Crippen LogP contribution < -0.4 is 16.4 Å². The van der Waals surface area contributed by atoms with Crippen LogP contribution in [0.25, 0.3) is 0 Å². The maximum absolute atomic E-state index is 14.6. The Hall–Kier alpha value is -4.41. The topological polar surface area (TPSA) is 157 Å². The molecule has 2 aromatic rings. The van der Waals surface area contributed by atoms with E-state index >= 15 is 0 Å². The van der Waals surface area contributed by atoms with E-state index in [4.69, 9.17) is 15.2 Å². The molecule has 270 valence electrons. The standard InChI is InChI=1S/C38H56N4O7/c1-9-10-11-17-24-42(34(45)29(22-23-31(39)43)41-36(47)49-38(6,7)8)32(28-21-16-15-18-26(28)2)33(44)40-30(35(46)48-37(3,4)5)25-27-19-13-12-14-20-27/h12-16,18-21,29-30,32H,9-11,17,22-25H2,1-8H3,(H2,39,43)(H,40,44)(H,41,47). The minimum absolute atomic E-state index is 0.102. The summed E-state index contributed by atoms with van der Waals surface area (Å²) in [5.41, 5.74) is 5.91. The Bertz CT molecular complexity index is 1400. The molecule has 3 atom stereocenters. The molecule has 3 unspecified atom stereocenters. The Labute approximate surface area is 291 Å². The van der Waals surface area contributed by atoms with E-state index in [1.165, 1.54) is 4.90 Å². The van der Waals surface area contributed by atoms with Crippen LogP contribution in [-0.2, 0) is 35.1 Å². The van der Waals surface area contributed by atoms with Gasteiger partial charge < -0.3 is 30.7 Å². The molecule has 0 saturated heterocycles. The molecule has 2 aromatic carbocycles. The van der Waals surface area contributed by atoms with Crippen LogP contribution in [0, 0.1) is 6.92 Å². The molecule has 0 spiro atoms. The van der Waals surface area contributed by atoms with Gasteiger partial charge in [0, 0.05) is 19.4 Å². The number of hydrogen-bond donors (Lipinski definition) is 3. The molecule has 0 aliphatic heterocycles. The van der Waals surface area contributed by atoms with Gasteiger partial charge in [0.15, 0.2) is 0 Å². The Balaban J connectivity index is 2.65. The highest BCUT2D eigenvalue weighted by Crippen LogP contribution is 2.27. The van der Waals surface area contributed by atoms with Crippen LogP contribution in [0.5, 0.6) is 0 Å². The van der Waals surface area contributed by atoms with E-state index in [9.17, 15) is 24.0 Å². The van der Waals surface area contributed by atoms with E-state index in [0.717, 1.165) is 30.4 Å². The number of nitrogens with one attached hydrogen (secondary N) is 2. The summed E-state index contributed by atoms with van der Waals surface area (Å²) in [6.07, 6.45) is 2.27. The first kappa shape index (κ1) is 40.8. The number of amides is 4. The first-order chi connectivity index (χ1) is 22.9. The summed E-state index contributed by atoms with van der Waals surface area (Å²) in [6.45, 7) is 14.4. The monoisotopic (exact) mass is 680 g/mol. The number of nitrogens with two attached hydrogens (primary N) is 1. The molecule has 0 aliphatic rings. The zero-order valence-corrected chi connectivity index (χ0v) is 30.5. The summed E-state index contributed by atoms with van der Waals surface area (Å²) < 4.78 is 11.2. The summed E-state index contributed by atoms with van der Waals surface area (Å²) in [5, 5.41) is 5.54. The predicted molar refractivity (Wildman–Crippen MR) is 189 cm³/mol. The Morgan fingerprint density at radius 3 is 1.98 bits per heavy atom. The van der Waals surface area contributed by atoms with Gasteiger partial charge in [-0.1, -0.05) is 80.8 Å². The zero-order valence-electron chi connectivity index (χ0n) is 30.5. The summed E-state index contributed by atoms with van der Waals surface area (Å²) in [5.74, 6) is -2.42. The third-order valence-corrected chi connectivity index (χ3v) is 7.54. The first-order valence-corrected chi connectivity index (χ1v) is 17.1. The van der Waals surface area contributed by atoms with Crippen molar-refractivity contribution in [2.24, 2.45) is 5.73 Å². The Kier molecular flexibility index (Phi) is 15.8. The highest BCUT2D eigenvalue weighted by Gasteiger charge is 2.38. The summed E-state index contributed by atoms with van der Waals surface area (Å²) >= 11 is 0. The van der Waals surface area contributed by atoms with Crippen molar-refractivity contribution in [2.45, 2.75) is 130 Å². The third kappa shape index (κ3) is 14.7. The molecule has 0 fully saturated rings. The van der Waals surface area contributed by atoms with Crippen LogP contribution in [-0.4, -0.2) is 64.5 Å². The highest BCUT2D eigenvalue weighted by molar-refractivity contribution is 5.94. The van der Waals surface area contributed by atoms with Crippen LogP contribution in [0.15, 0.2) is 54.6 Å². The van der Waals surface area contributed by atoms with Gasteiger partial charge >= 0.3 is 12.1 Å². The Morgan fingerprint density at radius 2 is 1.41 bits per heavy atom. The smallest absolute Gasteiger partial charge is 0.408 e. The van der Waals surface area contributed by atoms with Gasteiger partial charge in [0.1, 0.15) is 29.3 Å². The lowest BCUT2D eigenvalue weighted by Gasteiger charge is -2.36. The van der Waals surface area contributed by atoms with E-state index < -0.39 is 59.1 Å². The molecule has 11 heteroatoms. The van der Waals surface area contributed by atoms with Crippen molar-refractivity contribution in [3.63, 3.8) is 0 Å². The number of aryl methyl sites for hydroxylation is 1. The van der Waals surface area contributed by atoms with E-state index in [2.05, 4.69) is 17.6 Å². The molecule has 4 amide bonds. The van der Waals surface area contributed by atoms with Crippen molar-refractivity contribution in [3.05, 3.63) is 71.3 Å². The van der Waals surface area contributed by atoms with E-state index in [1.54, 1.807) is 53.7 Å². The number of ether oxygens (including phenoxy) is 2. The van der Waals surface area contributed by atoms with Crippen LogP contribution in [0.4, 0.5) is 4.79 Å². The maximum atomic E-state index is 14.6. The second kappa shape index (κ2) is 19.0. The normalized spacial score (nSPS) is 13.4. The molecule has 0 radical (unpaired) electrons. The fourth-order valence-corrected chi connectivity index (χ4v) is 5.28. The van der Waals surface area contributed by atoms with Crippen molar-refractivity contribution in [3.8, 4) is 0 Å². The molecular weight excluding hydrogens is 624 g/mol. The SMILES string of the molecule is CCCCCCN(C(=O)C(CCC(N)=O)NC(=O)OC(C)(C)C)C(C(=O)NC(Cc1ccccc1)C(=O)OC(C)(C)C)c1ccccc1C. The number of nitrogens with zero attached hydrogens (tertiary/aromatic N) is 1. The molecule has 0 aliphatic carbocycles. The third-order valence-electron chi connectivity index (χ3n) is 7.54. The van der Waals surface area contributed by atoms with Crippen LogP contribution in [0.2, 0.25) is 0 Å². The number of rotatable bonds is 17. The number of unbranched alkanes of at least 4 members (excludes halogenated alkanes) is 3. The van der Waals surface area contributed by atoms with E-state index in [1.807, 2.05) is 49.4 Å². The number of carbonyl (C=O) groups is 5. The van der Waals surface area contributed by atoms with Gasteiger partial charge in [0.2, 0.25) is 17.7 Å². The van der Waals surface area contributed by atoms with Crippen molar-refractivity contribution in [1.82, 2.24) is 15.5 Å². The fourth-order valence-electron chi connectivity index (χ4n) is 5.28. The fraction of sp³-hybridized carbons (Fsp3) is 0.553. The number of hydrogen-bond acceptors (Lipinski definition) is 7. The largest absolute Gasteiger partial charge is 0.458 e. The summed E-state index contributed by atoms with van der Waals surface area (Å²) in [4.78, 5) is 68.9. The lowest BCUT2D eigenvalue weighted by Crippen LogP contribution is -2.55. The molecule has 4 N–H and O–H groups in total. The summed E-state index contributed by atoms with van der Waals surface area (Å²) in [6, 6.07) is 13.0.